The first-order valence-corrected chi connectivity index (χ1v) is 4.90. The topological polar surface area (TPSA) is 72.6 Å². The summed E-state index contributed by atoms with van der Waals surface area (Å²) < 4.78 is 44.5. The fourth-order valence-electron chi connectivity index (χ4n) is 1.41. The van der Waals surface area contributed by atoms with Gasteiger partial charge in [-0.25, -0.2) is 9.78 Å². The SMILES string of the molecule is O=C(O)c1ncoc1-c1ccc(OC(F)(F)F)cc1. The Balaban J connectivity index is 2.28. The van der Waals surface area contributed by atoms with Crippen molar-refractivity contribution in [1.29, 1.82) is 0 Å². The quantitative estimate of drug-likeness (QED) is 0.930. The molecule has 2 rings (SSSR count). The third-order valence-corrected chi connectivity index (χ3v) is 2.12. The molecular formula is C11H6F3NO4. The average Bonchev–Trinajstić information content (AvgIpc) is 2.76. The Kier molecular flexibility index (Phi) is 3.16. The highest BCUT2D eigenvalue weighted by Crippen LogP contribution is 2.28. The number of hydrogen-bond acceptors (Lipinski definition) is 4. The molecule has 1 heterocycles. The Bertz CT molecular complexity index is 589. The molecule has 0 saturated heterocycles. The van der Waals surface area contributed by atoms with Crippen LogP contribution < -0.4 is 4.74 Å². The summed E-state index contributed by atoms with van der Waals surface area (Å²) in [5.74, 6) is -1.74. The molecule has 2 aromatic rings. The van der Waals surface area contributed by atoms with Crippen LogP contribution in [0.2, 0.25) is 0 Å². The van der Waals surface area contributed by atoms with E-state index < -0.39 is 18.1 Å². The number of oxazole rings is 1. The molecule has 0 spiro atoms. The smallest absolute Gasteiger partial charge is 0.476 e. The van der Waals surface area contributed by atoms with E-state index in [1.807, 2.05) is 0 Å². The number of carboxylic acids is 1. The predicted octanol–water partition coefficient (Wildman–Crippen LogP) is 2.94. The average molecular weight is 273 g/mol. The van der Waals surface area contributed by atoms with E-state index >= 15 is 0 Å². The zero-order valence-electron chi connectivity index (χ0n) is 9.14. The number of hydrogen-bond donors (Lipinski definition) is 1. The monoisotopic (exact) mass is 273 g/mol. The number of carboxylic acid groups (broad SMARTS) is 1. The molecule has 0 aliphatic heterocycles. The van der Waals surface area contributed by atoms with Gasteiger partial charge in [0.05, 0.1) is 0 Å². The van der Waals surface area contributed by atoms with E-state index in [2.05, 4.69) is 9.72 Å². The molecule has 19 heavy (non-hydrogen) atoms. The Morgan fingerprint density at radius 1 is 1.26 bits per heavy atom. The molecule has 0 unspecified atom stereocenters. The molecule has 8 heteroatoms. The van der Waals surface area contributed by atoms with E-state index in [1.54, 1.807) is 0 Å². The van der Waals surface area contributed by atoms with Crippen molar-refractivity contribution >= 4 is 5.97 Å². The van der Waals surface area contributed by atoms with Gasteiger partial charge in [-0.3, -0.25) is 0 Å². The molecule has 0 atom stereocenters. The lowest BCUT2D eigenvalue weighted by atomic mass is 10.1. The number of aromatic nitrogens is 1. The summed E-state index contributed by atoms with van der Waals surface area (Å²) in [6.07, 6.45) is -3.83. The molecule has 0 aliphatic rings. The molecule has 1 N–H and O–H groups in total. The Morgan fingerprint density at radius 3 is 2.42 bits per heavy atom. The standard InChI is InChI=1S/C11H6F3NO4/c12-11(13,14)19-7-3-1-6(2-4-7)9-8(10(16)17)15-5-18-9/h1-5H,(H,16,17). The number of ether oxygens (including phenoxy) is 1. The van der Waals surface area contributed by atoms with Crippen LogP contribution in [-0.2, 0) is 0 Å². The van der Waals surface area contributed by atoms with Gasteiger partial charge in [-0.2, -0.15) is 0 Å². The van der Waals surface area contributed by atoms with Gasteiger partial charge in [0.1, 0.15) is 5.75 Å². The second kappa shape index (κ2) is 4.63. The minimum atomic E-state index is -4.78. The van der Waals surface area contributed by atoms with Crippen LogP contribution in [0.15, 0.2) is 35.1 Å². The molecule has 0 aliphatic carbocycles. The summed E-state index contributed by atoms with van der Waals surface area (Å²) in [6.45, 7) is 0. The first-order chi connectivity index (χ1) is 8.87. The fourth-order valence-corrected chi connectivity index (χ4v) is 1.41. The van der Waals surface area contributed by atoms with Crippen molar-refractivity contribution in [3.8, 4) is 17.1 Å². The number of rotatable bonds is 3. The van der Waals surface area contributed by atoms with Gasteiger partial charge < -0.3 is 14.3 Å². The van der Waals surface area contributed by atoms with Gasteiger partial charge in [-0.15, -0.1) is 13.2 Å². The first kappa shape index (κ1) is 12.9. The Morgan fingerprint density at radius 2 is 1.89 bits per heavy atom. The van der Waals surface area contributed by atoms with E-state index in [0.717, 1.165) is 18.5 Å². The van der Waals surface area contributed by atoms with Gasteiger partial charge in [0, 0.05) is 5.56 Å². The summed E-state index contributed by atoms with van der Waals surface area (Å²) >= 11 is 0. The molecule has 1 aromatic carbocycles. The minimum Gasteiger partial charge on any atom is -0.476 e. The third-order valence-electron chi connectivity index (χ3n) is 2.12. The van der Waals surface area contributed by atoms with Crippen LogP contribution >= 0.6 is 0 Å². The van der Waals surface area contributed by atoms with Crippen molar-refractivity contribution in [2.45, 2.75) is 6.36 Å². The van der Waals surface area contributed by atoms with Crippen LogP contribution in [-0.4, -0.2) is 22.4 Å². The summed E-state index contributed by atoms with van der Waals surface area (Å²) in [7, 11) is 0. The van der Waals surface area contributed by atoms with E-state index in [9.17, 15) is 18.0 Å². The summed E-state index contributed by atoms with van der Waals surface area (Å²) in [5.41, 5.74) is -0.0334. The van der Waals surface area contributed by atoms with E-state index in [0.29, 0.717) is 0 Å². The number of alkyl halides is 3. The maximum atomic E-state index is 12.0. The zero-order valence-corrected chi connectivity index (χ0v) is 9.14. The maximum Gasteiger partial charge on any atom is 0.573 e. The second-order valence-electron chi connectivity index (χ2n) is 3.41. The molecule has 1 aromatic heterocycles. The summed E-state index contributed by atoms with van der Waals surface area (Å²) in [6, 6.07) is 4.59. The lowest BCUT2D eigenvalue weighted by Gasteiger charge is -2.08. The van der Waals surface area contributed by atoms with Crippen molar-refractivity contribution in [3.63, 3.8) is 0 Å². The van der Waals surface area contributed by atoms with E-state index in [4.69, 9.17) is 9.52 Å². The molecule has 0 fully saturated rings. The van der Waals surface area contributed by atoms with Crippen LogP contribution in [0.3, 0.4) is 0 Å². The predicted molar refractivity (Wildman–Crippen MR) is 55.6 cm³/mol. The molecular weight excluding hydrogens is 267 g/mol. The highest BCUT2D eigenvalue weighted by Gasteiger charge is 2.31. The van der Waals surface area contributed by atoms with Gasteiger partial charge in [0.15, 0.2) is 17.8 Å². The molecule has 0 bridgehead atoms. The number of benzene rings is 1. The number of nitrogens with zero attached hydrogens (tertiary/aromatic N) is 1. The number of aromatic carboxylic acids is 1. The Hall–Kier alpha value is -2.51. The van der Waals surface area contributed by atoms with Crippen LogP contribution in [0.5, 0.6) is 5.75 Å². The van der Waals surface area contributed by atoms with Crippen molar-refractivity contribution in [1.82, 2.24) is 4.98 Å². The number of carbonyl (C=O) groups is 1. The van der Waals surface area contributed by atoms with Crippen LogP contribution in [0, 0.1) is 0 Å². The first-order valence-electron chi connectivity index (χ1n) is 4.90. The highest BCUT2D eigenvalue weighted by atomic mass is 19.4. The normalized spacial score (nSPS) is 11.3. The molecule has 5 nitrogen and oxygen atoms in total. The van der Waals surface area contributed by atoms with Crippen molar-refractivity contribution in [3.05, 3.63) is 36.4 Å². The highest BCUT2D eigenvalue weighted by molar-refractivity contribution is 5.92. The van der Waals surface area contributed by atoms with Crippen molar-refractivity contribution in [2.24, 2.45) is 0 Å². The Labute approximate surface area is 104 Å². The van der Waals surface area contributed by atoms with Gasteiger partial charge >= 0.3 is 12.3 Å². The zero-order chi connectivity index (χ0) is 14.0. The summed E-state index contributed by atoms with van der Waals surface area (Å²) in [4.78, 5) is 14.3. The minimum absolute atomic E-state index is 0.0361. The molecule has 0 radical (unpaired) electrons. The number of halogens is 3. The summed E-state index contributed by atoms with van der Waals surface area (Å²) in [5, 5.41) is 8.83. The van der Waals surface area contributed by atoms with Gasteiger partial charge in [0.25, 0.3) is 0 Å². The van der Waals surface area contributed by atoms with Crippen molar-refractivity contribution in [2.75, 3.05) is 0 Å². The van der Waals surface area contributed by atoms with Gasteiger partial charge in [-0.1, -0.05) is 0 Å². The van der Waals surface area contributed by atoms with Crippen molar-refractivity contribution < 1.29 is 32.2 Å². The largest absolute Gasteiger partial charge is 0.573 e. The van der Waals surface area contributed by atoms with Gasteiger partial charge in [0.2, 0.25) is 0 Å². The third kappa shape index (κ3) is 3.03. The van der Waals surface area contributed by atoms with Crippen LogP contribution in [0.4, 0.5) is 13.2 Å². The second-order valence-corrected chi connectivity index (χ2v) is 3.41. The van der Waals surface area contributed by atoms with E-state index in [-0.39, 0.29) is 17.0 Å². The van der Waals surface area contributed by atoms with Crippen LogP contribution in [0.1, 0.15) is 10.5 Å². The maximum absolute atomic E-state index is 12.0. The molecule has 0 amide bonds. The lowest BCUT2D eigenvalue weighted by molar-refractivity contribution is -0.274. The lowest BCUT2D eigenvalue weighted by Crippen LogP contribution is -2.16. The van der Waals surface area contributed by atoms with E-state index in [1.165, 1.54) is 12.1 Å². The van der Waals surface area contributed by atoms with Gasteiger partial charge in [-0.05, 0) is 24.3 Å². The molecule has 100 valence electrons. The molecule has 0 saturated carbocycles. The van der Waals surface area contributed by atoms with Crippen LogP contribution in [0.25, 0.3) is 11.3 Å². The fraction of sp³-hybridized carbons (Fsp3) is 0.0909.